The van der Waals surface area contributed by atoms with Gasteiger partial charge in [0.25, 0.3) is 5.91 Å². The maximum absolute atomic E-state index is 13.7. The van der Waals surface area contributed by atoms with Gasteiger partial charge in [-0.25, -0.2) is 13.2 Å². The lowest BCUT2D eigenvalue weighted by Gasteiger charge is -2.20. The van der Waals surface area contributed by atoms with Crippen molar-refractivity contribution < 1.29 is 22.8 Å². The van der Waals surface area contributed by atoms with Crippen LogP contribution < -0.4 is 5.32 Å². The molecule has 4 nitrogen and oxygen atoms in total. The van der Waals surface area contributed by atoms with Gasteiger partial charge in [-0.05, 0) is 36.8 Å². The molecule has 7 heteroatoms. The molecule has 0 unspecified atom stereocenters. The zero-order valence-electron chi connectivity index (χ0n) is 13.6. The number of halogens is 3. The van der Waals surface area contributed by atoms with Crippen molar-refractivity contribution in [3.63, 3.8) is 0 Å². The number of hydrogen-bond donors (Lipinski definition) is 1. The lowest BCUT2D eigenvalue weighted by Crippen LogP contribution is -2.40. The summed E-state index contributed by atoms with van der Waals surface area (Å²) < 4.78 is 39.5. The summed E-state index contributed by atoms with van der Waals surface area (Å²) in [5.74, 6) is -3.28. The Morgan fingerprint density at radius 3 is 2.24 bits per heavy atom. The molecule has 0 radical (unpaired) electrons. The van der Waals surface area contributed by atoms with Gasteiger partial charge in [-0.3, -0.25) is 9.59 Å². The lowest BCUT2D eigenvalue weighted by molar-refractivity contribution is -0.121. The van der Waals surface area contributed by atoms with E-state index in [1.165, 1.54) is 24.3 Å². The summed E-state index contributed by atoms with van der Waals surface area (Å²) in [6.45, 7) is 1.73. The molecule has 0 saturated heterocycles. The number of nitrogens with one attached hydrogen (secondary N) is 1. The number of amides is 2. The minimum atomic E-state index is -0.977. The zero-order chi connectivity index (χ0) is 18.4. The van der Waals surface area contributed by atoms with Gasteiger partial charge in [0.1, 0.15) is 17.5 Å². The molecule has 2 aromatic carbocycles. The highest BCUT2D eigenvalue weighted by Crippen LogP contribution is 2.12. The van der Waals surface area contributed by atoms with Gasteiger partial charge in [0.05, 0.1) is 12.1 Å². The van der Waals surface area contributed by atoms with Crippen molar-refractivity contribution in [3.05, 3.63) is 71.0 Å². The molecule has 0 saturated carbocycles. The summed E-state index contributed by atoms with van der Waals surface area (Å²) in [7, 11) is 0. The number of rotatable bonds is 6. The van der Waals surface area contributed by atoms with Gasteiger partial charge in [-0.1, -0.05) is 12.1 Å². The molecule has 0 spiro atoms. The molecule has 0 atom stereocenters. The molecule has 132 valence electrons. The first-order valence-electron chi connectivity index (χ1n) is 7.66. The van der Waals surface area contributed by atoms with Crippen LogP contribution in [0, 0.1) is 17.5 Å². The molecule has 0 aliphatic rings. The Hall–Kier alpha value is -2.83. The molecule has 0 heterocycles. The fourth-order valence-corrected chi connectivity index (χ4v) is 2.19. The number of carbonyl (C=O) groups excluding carboxylic acids is 2. The van der Waals surface area contributed by atoms with Gasteiger partial charge in [-0.15, -0.1) is 0 Å². The molecular weight excluding hydrogens is 333 g/mol. The molecule has 0 aliphatic heterocycles. The summed E-state index contributed by atoms with van der Waals surface area (Å²) in [5.41, 5.74) is 0.406. The number of hydrogen-bond acceptors (Lipinski definition) is 2. The number of carbonyl (C=O) groups is 2. The van der Waals surface area contributed by atoms with Crippen molar-refractivity contribution in [2.45, 2.75) is 13.5 Å². The molecule has 2 amide bonds. The zero-order valence-corrected chi connectivity index (χ0v) is 13.6. The first-order valence-corrected chi connectivity index (χ1v) is 7.66. The molecule has 2 rings (SSSR count). The SMILES string of the molecule is CCN(CC(=O)NCc1ccc(F)cc1)C(=O)c1ccc(F)cc1F. The highest BCUT2D eigenvalue weighted by Gasteiger charge is 2.20. The second-order valence-electron chi connectivity index (χ2n) is 5.35. The summed E-state index contributed by atoms with van der Waals surface area (Å²) in [6, 6.07) is 8.28. The second-order valence-corrected chi connectivity index (χ2v) is 5.35. The van der Waals surface area contributed by atoms with E-state index in [0.717, 1.165) is 17.0 Å². The van der Waals surface area contributed by atoms with E-state index in [1.54, 1.807) is 6.92 Å². The van der Waals surface area contributed by atoms with Crippen molar-refractivity contribution in [2.24, 2.45) is 0 Å². The molecule has 0 bridgehead atoms. The molecule has 2 aromatic rings. The molecule has 0 aliphatic carbocycles. The smallest absolute Gasteiger partial charge is 0.257 e. The van der Waals surface area contributed by atoms with Crippen LogP contribution in [-0.2, 0) is 11.3 Å². The van der Waals surface area contributed by atoms with Gasteiger partial charge in [0, 0.05) is 19.2 Å². The fraction of sp³-hybridized carbons (Fsp3) is 0.222. The van der Waals surface area contributed by atoms with E-state index in [2.05, 4.69) is 5.32 Å². The minimum absolute atomic E-state index is 0.176. The number of benzene rings is 2. The van der Waals surface area contributed by atoms with Crippen LogP contribution in [0.25, 0.3) is 0 Å². The molecule has 0 fully saturated rings. The van der Waals surface area contributed by atoms with E-state index in [-0.39, 0.29) is 31.0 Å². The molecule has 0 aromatic heterocycles. The summed E-state index contributed by atoms with van der Waals surface area (Å²) in [6.07, 6.45) is 0. The largest absolute Gasteiger partial charge is 0.350 e. The monoisotopic (exact) mass is 350 g/mol. The predicted molar refractivity (Wildman–Crippen MR) is 86.2 cm³/mol. The highest BCUT2D eigenvalue weighted by molar-refractivity contribution is 5.96. The third kappa shape index (κ3) is 5.07. The van der Waals surface area contributed by atoms with E-state index in [1.807, 2.05) is 0 Å². The van der Waals surface area contributed by atoms with Crippen molar-refractivity contribution >= 4 is 11.8 Å². The van der Waals surface area contributed by atoms with Crippen molar-refractivity contribution in [1.82, 2.24) is 10.2 Å². The Kier molecular flexibility index (Phi) is 6.16. The maximum atomic E-state index is 13.7. The third-order valence-electron chi connectivity index (χ3n) is 3.57. The Balaban J connectivity index is 1.96. The van der Waals surface area contributed by atoms with Crippen molar-refractivity contribution in [1.29, 1.82) is 0 Å². The topological polar surface area (TPSA) is 49.4 Å². The van der Waals surface area contributed by atoms with Crippen LogP contribution in [0.5, 0.6) is 0 Å². The van der Waals surface area contributed by atoms with E-state index in [0.29, 0.717) is 11.6 Å². The molecule has 1 N–H and O–H groups in total. The van der Waals surface area contributed by atoms with Gasteiger partial charge >= 0.3 is 0 Å². The third-order valence-corrected chi connectivity index (χ3v) is 3.57. The van der Waals surface area contributed by atoms with Crippen molar-refractivity contribution in [2.75, 3.05) is 13.1 Å². The minimum Gasteiger partial charge on any atom is -0.350 e. The Morgan fingerprint density at radius 1 is 1.00 bits per heavy atom. The van der Waals surface area contributed by atoms with Crippen LogP contribution in [0.15, 0.2) is 42.5 Å². The van der Waals surface area contributed by atoms with Crippen LogP contribution >= 0.6 is 0 Å². The Morgan fingerprint density at radius 2 is 1.64 bits per heavy atom. The van der Waals surface area contributed by atoms with Gasteiger partial charge < -0.3 is 10.2 Å². The Labute approximate surface area is 143 Å². The van der Waals surface area contributed by atoms with Gasteiger partial charge in [0.2, 0.25) is 5.91 Å². The van der Waals surface area contributed by atoms with E-state index < -0.39 is 23.4 Å². The number of nitrogens with zero attached hydrogens (tertiary/aromatic N) is 1. The molecular formula is C18H17F3N2O2. The van der Waals surface area contributed by atoms with Gasteiger partial charge in [0.15, 0.2) is 0 Å². The first-order chi connectivity index (χ1) is 11.9. The van der Waals surface area contributed by atoms with Crippen LogP contribution in [0.2, 0.25) is 0 Å². The second kappa shape index (κ2) is 8.32. The molecule has 25 heavy (non-hydrogen) atoms. The fourth-order valence-electron chi connectivity index (χ4n) is 2.19. The van der Waals surface area contributed by atoms with Gasteiger partial charge in [-0.2, -0.15) is 0 Å². The summed E-state index contributed by atoms with van der Waals surface area (Å²) in [5, 5.41) is 2.60. The quantitative estimate of drug-likeness (QED) is 0.871. The maximum Gasteiger partial charge on any atom is 0.257 e. The highest BCUT2D eigenvalue weighted by atomic mass is 19.1. The summed E-state index contributed by atoms with van der Waals surface area (Å²) in [4.78, 5) is 25.4. The predicted octanol–water partition coefficient (Wildman–Crippen LogP) is 2.88. The number of likely N-dealkylation sites (N-methyl/N-ethyl adjacent to an activating group) is 1. The first kappa shape index (κ1) is 18.5. The van der Waals surface area contributed by atoms with Crippen LogP contribution in [0.1, 0.15) is 22.8 Å². The van der Waals surface area contributed by atoms with Crippen LogP contribution in [0.4, 0.5) is 13.2 Å². The van der Waals surface area contributed by atoms with Crippen LogP contribution in [0.3, 0.4) is 0 Å². The van der Waals surface area contributed by atoms with E-state index in [4.69, 9.17) is 0 Å². The summed E-state index contributed by atoms with van der Waals surface area (Å²) >= 11 is 0. The van der Waals surface area contributed by atoms with E-state index in [9.17, 15) is 22.8 Å². The average molecular weight is 350 g/mol. The van der Waals surface area contributed by atoms with E-state index >= 15 is 0 Å². The average Bonchev–Trinajstić information content (AvgIpc) is 2.58. The standard InChI is InChI=1S/C18H17F3N2O2/c1-2-23(18(25)15-8-7-14(20)9-16(15)21)11-17(24)22-10-12-3-5-13(19)6-4-12/h3-9H,2,10-11H2,1H3,(H,22,24). The van der Waals surface area contributed by atoms with Crippen LogP contribution in [-0.4, -0.2) is 29.8 Å². The normalized spacial score (nSPS) is 10.4. The Bertz CT molecular complexity index is 763. The lowest BCUT2D eigenvalue weighted by atomic mass is 10.1. The van der Waals surface area contributed by atoms with Crippen molar-refractivity contribution in [3.8, 4) is 0 Å².